The fourth-order valence-corrected chi connectivity index (χ4v) is 9.60. The van der Waals surface area contributed by atoms with Crippen molar-refractivity contribution in [3.8, 4) is 0 Å². The summed E-state index contributed by atoms with van der Waals surface area (Å²) in [6.45, 7) is 17.7. The normalized spacial score (nSPS) is 27.1. The topological polar surface area (TPSA) is 26.3 Å². The second-order valence-corrected chi connectivity index (χ2v) is 16.9. The molecule has 0 N–H and O–H groups in total. The van der Waals surface area contributed by atoms with Gasteiger partial charge in [0.05, 0.1) is 14.2 Å². The van der Waals surface area contributed by atoms with E-state index in [1.165, 1.54) is 6.42 Å². The van der Waals surface area contributed by atoms with E-state index in [-0.39, 0.29) is 6.10 Å². The van der Waals surface area contributed by atoms with Gasteiger partial charge >= 0.3 is 0 Å². The van der Waals surface area contributed by atoms with Crippen molar-refractivity contribution in [1.82, 2.24) is 0 Å². The lowest BCUT2D eigenvalue weighted by Gasteiger charge is -2.40. The molecular formula is C21H35O2PSi. The predicted octanol–water partition coefficient (Wildman–Crippen LogP) is 6.46. The molecule has 25 heavy (non-hydrogen) atoms. The summed E-state index contributed by atoms with van der Waals surface area (Å²) in [6, 6.07) is 9.76. The molecule has 0 aromatic heterocycles. The third kappa shape index (κ3) is 4.75. The molecule has 0 aliphatic heterocycles. The number of rotatable bonds is 6. The molecule has 0 unspecified atom stereocenters. The van der Waals surface area contributed by atoms with Crippen molar-refractivity contribution in [2.45, 2.75) is 65.8 Å². The minimum Gasteiger partial charge on any atom is -0.319 e. The van der Waals surface area contributed by atoms with E-state index in [9.17, 15) is 4.57 Å². The van der Waals surface area contributed by atoms with E-state index >= 15 is 0 Å². The molecule has 0 radical (unpaired) electrons. The molecule has 4 atom stereocenters. The molecule has 0 amide bonds. The third-order valence-corrected chi connectivity index (χ3v) is 12.4. The molecule has 1 fully saturated rings. The van der Waals surface area contributed by atoms with E-state index in [4.69, 9.17) is 4.52 Å². The summed E-state index contributed by atoms with van der Waals surface area (Å²) in [7, 11) is -4.90. The molecule has 140 valence electrons. The molecule has 2 rings (SSSR count). The van der Waals surface area contributed by atoms with Crippen LogP contribution < -0.4 is 5.30 Å². The van der Waals surface area contributed by atoms with Crippen LogP contribution in [-0.2, 0) is 9.09 Å². The summed E-state index contributed by atoms with van der Waals surface area (Å²) in [5, 5.41) is 0.808. The van der Waals surface area contributed by atoms with Crippen LogP contribution in [0.2, 0.25) is 19.6 Å². The molecule has 1 aliphatic carbocycles. The Morgan fingerprint density at radius 1 is 1.20 bits per heavy atom. The molecule has 0 heterocycles. The molecule has 4 heteroatoms. The van der Waals surface area contributed by atoms with Crippen molar-refractivity contribution in [2.24, 2.45) is 17.8 Å². The van der Waals surface area contributed by atoms with Gasteiger partial charge < -0.3 is 4.52 Å². The highest BCUT2D eigenvalue weighted by Crippen LogP contribution is 2.59. The van der Waals surface area contributed by atoms with Crippen LogP contribution in [0.5, 0.6) is 0 Å². The van der Waals surface area contributed by atoms with Gasteiger partial charge in [-0.3, -0.25) is 4.57 Å². The van der Waals surface area contributed by atoms with Crippen molar-refractivity contribution >= 4 is 20.7 Å². The average Bonchev–Trinajstić information content (AvgIpc) is 2.53. The van der Waals surface area contributed by atoms with Crippen molar-refractivity contribution in [2.75, 3.05) is 0 Å². The van der Waals surface area contributed by atoms with Crippen LogP contribution in [0.4, 0.5) is 0 Å². The van der Waals surface area contributed by atoms with Crippen LogP contribution in [0.25, 0.3) is 0 Å². The second-order valence-electron chi connectivity index (χ2n) is 9.05. The number of hydrogen-bond donors (Lipinski definition) is 0. The van der Waals surface area contributed by atoms with Crippen LogP contribution in [0.1, 0.15) is 40.0 Å². The van der Waals surface area contributed by atoms with Gasteiger partial charge in [-0.25, -0.2) is 0 Å². The average molecular weight is 379 g/mol. The lowest BCUT2D eigenvalue weighted by molar-refractivity contribution is 0.0510. The zero-order valence-corrected chi connectivity index (χ0v) is 18.7. The van der Waals surface area contributed by atoms with Gasteiger partial charge in [0.25, 0.3) is 7.37 Å². The van der Waals surface area contributed by atoms with Gasteiger partial charge in [0.1, 0.15) is 0 Å². The molecular weight excluding hydrogens is 343 g/mol. The summed E-state index contributed by atoms with van der Waals surface area (Å²) in [6.07, 6.45) is 3.46. The van der Waals surface area contributed by atoms with Gasteiger partial charge in [0.15, 0.2) is 0 Å². The minimum atomic E-state index is -3.09. The fraction of sp³-hybridized carbons (Fsp3) is 0.619. The number of hydrogen-bond acceptors (Lipinski definition) is 2. The fourth-order valence-electron chi connectivity index (χ4n) is 3.77. The first kappa shape index (κ1) is 20.7. The highest BCUT2D eigenvalue weighted by molar-refractivity contribution is 7.74. The zero-order valence-electron chi connectivity index (χ0n) is 16.8. The minimum absolute atomic E-state index is 0.0582. The van der Waals surface area contributed by atoms with Gasteiger partial charge in [-0.2, -0.15) is 0 Å². The summed E-state index contributed by atoms with van der Waals surface area (Å²) < 4.78 is 20.8. The Labute approximate surface area is 155 Å². The highest BCUT2D eigenvalue weighted by Gasteiger charge is 2.42. The van der Waals surface area contributed by atoms with Crippen LogP contribution in [0.15, 0.2) is 41.8 Å². The predicted molar refractivity (Wildman–Crippen MR) is 112 cm³/mol. The Morgan fingerprint density at radius 3 is 2.32 bits per heavy atom. The Balaban J connectivity index is 2.42. The summed E-state index contributed by atoms with van der Waals surface area (Å²) >= 11 is 0. The standard InChI is InChI=1S/C21H35O2PSi/c1-16(2)20-14-13-17(3)15-21(20)23-24(22,18(4)25(5,6)7)19-11-9-8-10-12-19/h8-12,16-17,20-21H,4,13-15H2,1-3,5-7H3/t17-,20+,21-,24-/m1/s1. The van der Waals surface area contributed by atoms with Gasteiger partial charge in [-0.1, -0.05) is 71.6 Å². The summed E-state index contributed by atoms with van der Waals surface area (Å²) in [5.74, 6) is 1.65. The van der Waals surface area contributed by atoms with Gasteiger partial charge in [0.2, 0.25) is 0 Å². The van der Waals surface area contributed by atoms with Crippen molar-refractivity contribution in [3.63, 3.8) is 0 Å². The molecule has 1 saturated carbocycles. The van der Waals surface area contributed by atoms with Crippen molar-refractivity contribution in [1.29, 1.82) is 0 Å². The van der Waals surface area contributed by atoms with Crippen LogP contribution >= 0.6 is 7.37 Å². The Kier molecular flexibility index (Phi) is 6.57. The number of benzene rings is 1. The Hall–Kier alpha value is -0.633. The van der Waals surface area contributed by atoms with E-state index in [0.29, 0.717) is 17.8 Å². The highest BCUT2D eigenvalue weighted by atomic mass is 31.2. The third-order valence-electron chi connectivity index (χ3n) is 5.56. The van der Waals surface area contributed by atoms with Gasteiger partial charge in [0, 0.05) is 5.30 Å². The van der Waals surface area contributed by atoms with Gasteiger partial charge in [-0.05, 0) is 47.7 Å². The lowest BCUT2D eigenvalue weighted by Crippen LogP contribution is -2.36. The largest absolute Gasteiger partial charge is 0.319 e. The zero-order chi connectivity index (χ0) is 18.8. The maximum absolute atomic E-state index is 14.2. The first-order valence-corrected chi connectivity index (χ1v) is 14.7. The first-order chi connectivity index (χ1) is 11.6. The summed E-state index contributed by atoms with van der Waals surface area (Å²) in [4.78, 5) is 0.854. The lowest BCUT2D eigenvalue weighted by atomic mass is 9.75. The molecule has 1 aliphatic rings. The van der Waals surface area contributed by atoms with Crippen LogP contribution in [0.3, 0.4) is 0 Å². The van der Waals surface area contributed by atoms with Crippen LogP contribution in [0, 0.1) is 17.8 Å². The van der Waals surface area contributed by atoms with E-state index in [1.807, 2.05) is 30.3 Å². The molecule has 1 aromatic carbocycles. The maximum Gasteiger partial charge on any atom is 0.253 e. The van der Waals surface area contributed by atoms with E-state index in [0.717, 1.165) is 23.1 Å². The molecule has 0 spiro atoms. The molecule has 0 bridgehead atoms. The smallest absolute Gasteiger partial charge is 0.253 e. The SMILES string of the molecule is C=C([Si](C)(C)C)[P@@](=O)(O[C@@H]1C[C@H](C)CC[C@H]1C(C)C)c1ccccc1. The van der Waals surface area contributed by atoms with Gasteiger partial charge in [-0.15, -0.1) is 0 Å². The maximum atomic E-state index is 14.2. The first-order valence-electron chi connectivity index (χ1n) is 9.59. The van der Waals surface area contributed by atoms with E-state index < -0.39 is 15.4 Å². The molecule has 2 nitrogen and oxygen atoms in total. The Bertz CT molecular complexity index is 633. The summed E-state index contributed by atoms with van der Waals surface area (Å²) in [5.41, 5.74) is 0. The van der Waals surface area contributed by atoms with E-state index in [1.54, 1.807) is 0 Å². The van der Waals surface area contributed by atoms with Crippen molar-refractivity contribution < 1.29 is 9.09 Å². The van der Waals surface area contributed by atoms with Crippen LogP contribution in [-0.4, -0.2) is 14.2 Å². The molecule has 1 aromatic rings. The molecule has 0 saturated heterocycles. The quantitative estimate of drug-likeness (QED) is 0.419. The second kappa shape index (κ2) is 7.94. The Morgan fingerprint density at radius 2 is 1.80 bits per heavy atom. The van der Waals surface area contributed by atoms with Crippen molar-refractivity contribution in [3.05, 3.63) is 41.8 Å². The monoisotopic (exact) mass is 378 g/mol. The van der Waals surface area contributed by atoms with E-state index in [2.05, 4.69) is 47.0 Å².